The predicted molar refractivity (Wildman–Crippen MR) is 151 cm³/mol. The lowest BCUT2D eigenvalue weighted by atomic mass is 9.76. The first-order valence-corrected chi connectivity index (χ1v) is 13.3. The molecule has 10 nitrogen and oxygen atoms in total. The molecule has 3 aromatic rings. The molecule has 10 heteroatoms. The van der Waals surface area contributed by atoms with Gasteiger partial charge in [0, 0.05) is 17.3 Å². The fraction of sp³-hybridized carbons (Fsp3) is 0.219. The van der Waals surface area contributed by atoms with Crippen LogP contribution >= 0.6 is 0 Å². The van der Waals surface area contributed by atoms with Crippen LogP contribution in [0.25, 0.3) is 16.8 Å². The number of fused-ring (bicyclic) bond motifs is 5. The minimum atomic E-state index is -2.08. The molecule has 6 rings (SSSR count). The maximum atomic E-state index is 14.1. The minimum Gasteiger partial charge on any atom is -0.507 e. The van der Waals surface area contributed by atoms with Crippen LogP contribution in [0.3, 0.4) is 0 Å². The number of aromatic amines is 1. The molecule has 0 radical (unpaired) electrons. The number of phenols is 3. The number of hydrogen-bond acceptors (Lipinski definition) is 9. The zero-order chi connectivity index (χ0) is 30.2. The molecule has 0 amide bonds. The second kappa shape index (κ2) is 9.13. The van der Waals surface area contributed by atoms with Crippen molar-refractivity contribution in [3.8, 4) is 17.2 Å². The molecule has 2 aromatic carbocycles. The zero-order valence-corrected chi connectivity index (χ0v) is 22.8. The summed E-state index contributed by atoms with van der Waals surface area (Å²) in [6.07, 6.45) is 7.40. The van der Waals surface area contributed by atoms with E-state index in [0.717, 1.165) is 6.08 Å². The predicted octanol–water partition coefficient (Wildman–Crippen LogP) is 4.19. The number of ketones is 4. The van der Waals surface area contributed by atoms with E-state index in [-0.39, 0.29) is 29.6 Å². The number of hydrogen-bond donors (Lipinski definition) is 4. The molecule has 212 valence electrons. The summed E-state index contributed by atoms with van der Waals surface area (Å²) in [5.41, 5.74) is -4.38. The van der Waals surface area contributed by atoms with Crippen LogP contribution in [0.5, 0.6) is 17.2 Å². The summed E-state index contributed by atoms with van der Waals surface area (Å²) in [5, 5.41) is 34.1. The average Bonchev–Trinajstić information content (AvgIpc) is 3.41. The number of aromatic hydroxyl groups is 3. The standard InChI is InChI=1S/C32H25NO9/c1-4-5-6-7-16-11-15-10-14-8-9-32(24(14)28(38)19(15)31(41)33-16)29(39)22-23(30(32)40)27(37)21-20(26(22)36)17(34)12-18(25(21)35)42-13(2)3/h4-7,10-13,36-38H,8-9H2,1-3H3,(H,33,41)/b5-4+,7-6+/t32-/m0/s1. The van der Waals surface area contributed by atoms with E-state index in [2.05, 4.69) is 4.98 Å². The molecular weight excluding hydrogens is 542 g/mol. The number of nitrogens with one attached hydrogen (secondary N) is 1. The maximum absolute atomic E-state index is 14.1. The van der Waals surface area contributed by atoms with Crippen LogP contribution in [0, 0.1) is 0 Å². The number of rotatable bonds is 4. The monoisotopic (exact) mass is 567 g/mol. The van der Waals surface area contributed by atoms with E-state index in [1.807, 2.05) is 13.0 Å². The number of allylic oxidation sites excluding steroid dienone is 5. The Balaban J connectivity index is 1.56. The molecule has 0 saturated carbocycles. The largest absolute Gasteiger partial charge is 0.507 e. The van der Waals surface area contributed by atoms with Gasteiger partial charge in [0.15, 0.2) is 23.1 Å². The van der Waals surface area contributed by atoms with Gasteiger partial charge in [-0.1, -0.05) is 24.3 Å². The summed E-state index contributed by atoms with van der Waals surface area (Å²) in [5.74, 6) is -6.48. The molecule has 0 saturated heterocycles. The van der Waals surface area contributed by atoms with Crippen LogP contribution in [-0.4, -0.2) is 49.5 Å². The van der Waals surface area contributed by atoms with Crippen molar-refractivity contribution in [2.45, 2.75) is 45.1 Å². The van der Waals surface area contributed by atoms with E-state index in [1.54, 1.807) is 44.2 Å². The summed E-state index contributed by atoms with van der Waals surface area (Å²) in [6.45, 7) is 5.09. The highest BCUT2D eigenvalue weighted by Gasteiger charge is 2.61. The third-order valence-corrected chi connectivity index (χ3v) is 7.98. The number of ether oxygens (including phenoxy) is 1. The van der Waals surface area contributed by atoms with Gasteiger partial charge in [0.1, 0.15) is 22.7 Å². The normalized spacial score (nSPS) is 19.5. The molecular formula is C32H25NO9. The van der Waals surface area contributed by atoms with E-state index in [0.29, 0.717) is 16.6 Å². The summed E-state index contributed by atoms with van der Waals surface area (Å²) in [7, 11) is 0. The Bertz CT molecular complexity index is 1970. The number of Topliss-reactive ketones (excluding diaryl/α,β-unsaturated/α-hetero) is 3. The van der Waals surface area contributed by atoms with E-state index >= 15 is 0 Å². The SMILES string of the molecule is C/C=C/C=C/c1cc2cc3c(c(O)c2c(=O)[nH]1)[C@@]1(CC3)C(=O)c2c(O)c3c(c(O)c2C1=O)C(=O)C(OC(C)C)=CC3=O. The molecule has 1 aromatic heterocycles. The highest BCUT2D eigenvalue weighted by atomic mass is 16.5. The van der Waals surface area contributed by atoms with Crippen molar-refractivity contribution < 1.29 is 39.2 Å². The molecule has 4 N–H and O–H groups in total. The molecule has 1 atom stereocenters. The van der Waals surface area contributed by atoms with E-state index in [4.69, 9.17) is 4.74 Å². The van der Waals surface area contributed by atoms with Crippen LogP contribution in [0.15, 0.2) is 47.0 Å². The summed E-state index contributed by atoms with van der Waals surface area (Å²) in [4.78, 5) is 70.2. The van der Waals surface area contributed by atoms with Gasteiger partial charge in [0.2, 0.25) is 5.78 Å². The lowest BCUT2D eigenvalue weighted by Crippen LogP contribution is -2.36. The zero-order valence-electron chi connectivity index (χ0n) is 22.8. The van der Waals surface area contributed by atoms with E-state index < -0.39 is 79.7 Å². The first-order chi connectivity index (χ1) is 19.9. The van der Waals surface area contributed by atoms with Gasteiger partial charge in [0.25, 0.3) is 5.56 Å². The Kier molecular flexibility index (Phi) is 5.86. The Labute approximate surface area is 238 Å². The minimum absolute atomic E-state index is 0.0970. The van der Waals surface area contributed by atoms with Crippen LogP contribution < -0.4 is 5.56 Å². The molecule has 0 unspecified atom stereocenters. The van der Waals surface area contributed by atoms with Crippen LogP contribution in [0.1, 0.15) is 85.4 Å². The fourth-order valence-electron chi connectivity index (χ4n) is 6.31. The van der Waals surface area contributed by atoms with Gasteiger partial charge < -0.3 is 25.0 Å². The molecule has 42 heavy (non-hydrogen) atoms. The Morgan fingerprint density at radius 3 is 2.21 bits per heavy atom. The van der Waals surface area contributed by atoms with Gasteiger partial charge in [-0.25, -0.2) is 0 Å². The van der Waals surface area contributed by atoms with Gasteiger partial charge >= 0.3 is 0 Å². The number of phenolic OH excluding ortho intramolecular Hbond substituents is 3. The van der Waals surface area contributed by atoms with Crippen LogP contribution in [0.2, 0.25) is 0 Å². The number of aryl methyl sites for hydroxylation is 1. The molecule has 1 heterocycles. The molecule has 1 spiro atoms. The maximum Gasteiger partial charge on any atom is 0.260 e. The van der Waals surface area contributed by atoms with Crippen molar-refractivity contribution in [3.63, 3.8) is 0 Å². The van der Waals surface area contributed by atoms with Gasteiger partial charge in [-0.3, -0.25) is 24.0 Å². The first-order valence-electron chi connectivity index (χ1n) is 13.3. The average molecular weight is 568 g/mol. The molecule has 0 bridgehead atoms. The second-order valence-corrected chi connectivity index (χ2v) is 10.8. The van der Waals surface area contributed by atoms with Crippen molar-refractivity contribution in [1.82, 2.24) is 4.98 Å². The lowest BCUT2D eigenvalue weighted by molar-refractivity contribution is 0.0790. The van der Waals surface area contributed by atoms with E-state index in [9.17, 15) is 39.3 Å². The van der Waals surface area contributed by atoms with Crippen molar-refractivity contribution in [2.75, 3.05) is 0 Å². The summed E-state index contributed by atoms with van der Waals surface area (Å²) < 4.78 is 5.41. The lowest BCUT2D eigenvalue weighted by Gasteiger charge is -2.22. The second-order valence-electron chi connectivity index (χ2n) is 10.8. The number of aromatic nitrogens is 1. The topological polar surface area (TPSA) is 171 Å². The van der Waals surface area contributed by atoms with Crippen molar-refractivity contribution in [2.24, 2.45) is 0 Å². The number of H-pyrrole nitrogens is 1. The first kappa shape index (κ1) is 26.9. The quantitative estimate of drug-likeness (QED) is 0.205. The third-order valence-electron chi connectivity index (χ3n) is 7.98. The Morgan fingerprint density at radius 2 is 1.57 bits per heavy atom. The number of carbonyl (C=O) groups excluding carboxylic acids is 4. The van der Waals surface area contributed by atoms with Gasteiger partial charge in [-0.15, -0.1) is 0 Å². The molecule has 0 aliphatic heterocycles. The summed E-state index contributed by atoms with van der Waals surface area (Å²) >= 11 is 0. The van der Waals surface area contributed by atoms with Gasteiger partial charge in [-0.05, 0) is 56.7 Å². The number of pyridine rings is 1. The van der Waals surface area contributed by atoms with Crippen LogP contribution in [-0.2, 0) is 16.6 Å². The van der Waals surface area contributed by atoms with Crippen LogP contribution in [0.4, 0.5) is 0 Å². The van der Waals surface area contributed by atoms with Crippen molar-refractivity contribution >= 4 is 40.0 Å². The summed E-state index contributed by atoms with van der Waals surface area (Å²) in [6, 6.07) is 3.28. The van der Waals surface area contributed by atoms with Crippen molar-refractivity contribution in [3.05, 3.63) is 91.6 Å². The third kappa shape index (κ3) is 3.41. The Hall–Kier alpha value is -5.25. The van der Waals surface area contributed by atoms with Gasteiger partial charge in [0.05, 0.1) is 33.7 Å². The van der Waals surface area contributed by atoms with Gasteiger partial charge in [-0.2, -0.15) is 0 Å². The number of carbonyl (C=O) groups is 4. The molecule has 3 aliphatic rings. The Morgan fingerprint density at radius 1 is 0.905 bits per heavy atom. The highest BCUT2D eigenvalue weighted by molar-refractivity contribution is 6.38. The fourth-order valence-corrected chi connectivity index (χ4v) is 6.31. The number of benzene rings is 2. The highest BCUT2D eigenvalue weighted by Crippen LogP contribution is 2.57. The van der Waals surface area contributed by atoms with Crippen molar-refractivity contribution in [1.29, 1.82) is 0 Å². The smallest absolute Gasteiger partial charge is 0.260 e. The van der Waals surface area contributed by atoms with E-state index in [1.165, 1.54) is 0 Å². The molecule has 3 aliphatic carbocycles. The molecule has 0 fully saturated rings.